The molecule has 0 amide bonds. The van der Waals surface area contributed by atoms with Crippen LogP contribution in [0.4, 0.5) is 0 Å². The number of rotatable bonds is 5. The first kappa shape index (κ1) is 35.1. The van der Waals surface area contributed by atoms with Crippen LogP contribution in [0.15, 0.2) is 156 Å². The smallest absolute Gasteiger partial charge is 0.136 e. The van der Waals surface area contributed by atoms with Gasteiger partial charge in [0.25, 0.3) is 0 Å². The van der Waals surface area contributed by atoms with E-state index in [4.69, 9.17) is 4.42 Å². The maximum absolute atomic E-state index is 11.6. The lowest BCUT2D eigenvalue weighted by molar-refractivity contribution is 0.420. The zero-order chi connectivity index (χ0) is 39.8. The number of phenolic OH excluding ortho intramolecular Hbond substituents is 3. The largest absolute Gasteiger partial charge is 0.507 e. The lowest BCUT2D eigenvalue weighted by Crippen LogP contribution is -1.96. The molecule has 0 saturated heterocycles. The number of aromatic hydroxyl groups is 3. The van der Waals surface area contributed by atoms with Crippen LogP contribution in [0.25, 0.3) is 99.1 Å². The number of aryl methyl sites for hydroxylation is 2. The van der Waals surface area contributed by atoms with Crippen LogP contribution in [0.1, 0.15) is 22.3 Å². The number of phenols is 3. The van der Waals surface area contributed by atoms with Crippen molar-refractivity contribution in [1.29, 1.82) is 0 Å². The summed E-state index contributed by atoms with van der Waals surface area (Å²) in [6.07, 6.45) is 0. The number of benzene rings is 9. The average Bonchev–Trinajstić information content (AvgIpc) is 3.63. The molecule has 280 valence electrons. The molecule has 0 unspecified atom stereocenters. The third-order valence-electron chi connectivity index (χ3n) is 12.0. The molecule has 0 aliphatic rings. The predicted molar refractivity (Wildman–Crippen MR) is 240 cm³/mol. The van der Waals surface area contributed by atoms with Gasteiger partial charge in [0.1, 0.15) is 28.4 Å². The Labute approximate surface area is 336 Å². The molecule has 10 rings (SSSR count). The third-order valence-corrected chi connectivity index (χ3v) is 12.0. The quantitative estimate of drug-likeness (QED) is 0.153. The molecule has 1 aromatic heterocycles. The van der Waals surface area contributed by atoms with Gasteiger partial charge in [0.15, 0.2) is 0 Å². The van der Waals surface area contributed by atoms with Crippen molar-refractivity contribution in [2.45, 2.75) is 27.7 Å². The van der Waals surface area contributed by atoms with Crippen LogP contribution in [0.2, 0.25) is 0 Å². The SMILES string of the molecule is Cc1ccccc1-c1c(C)ccc(-c2ccc3c(c2)oc2ccccc23)c1-c1cccc(-c2c3ccccc3c(-c3c(O)c(C)c(O)c(C)c3O)c3ccccc23)c1. The Hall–Kier alpha value is -7.30. The molecule has 0 aliphatic heterocycles. The Morgan fingerprint density at radius 3 is 1.53 bits per heavy atom. The third kappa shape index (κ3) is 5.29. The van der Waals surface area contributed by atoms with Gasteiger partial charge in [-0.15, -0.1) is 0 Å². The minimum atomic E-state index is -0.137. The van der Waals surface area contributed by atoms with Gasteiger partial charge < -0.3 is 19.7 Å². The topological polar surface area (TPSA) is 73.8 Å². The van der Waals surface area contributed by atoms with E-state index in [9.17, 15) is 15.3 Å². The lowest BCUT2D eigenvalue weighted by Gasteiger charge is -2.22. The van der Waals surface area contributed by atoms with Crippen molar-refractivity contribution in [3.8, 4) is 72.9 Å². The minimum Gasteiger partial charge on any atom is -0.507 e. The summed E-state index contributed by atoms with van der Waals surface area (Å²) in [6, 6.07) is 53.0. The highest BCUT2D eigenvalue weighted by Crippen LogP contribution is 2.53. The molecule has 10 aromatic rings. The fraction of sp³-hybridized carbons (Fsp3) is 0.0741. The Morgan fingerprint density at radius 2 is 0.879 bits per heavy atom. The van der Waals surface area contributed by atoms with E-state index >= 15 is 0 Å². The molecule has 0 radical (unpaired) electrons. The van der Waals surface area contributed by atoms with E-state index in [1.165, 1.54) is 22.3 Å². The van der Waals surface area contributed by atoms with Crippen LogP contribution in [-0.2, 0) is 0 Å². The highest BCUT2D eigenvalue weighted by atomic mass is 16.3. The number of furan rings is 1. The summed E-state index contributed by atoms with van der Waals surface area (Å²) in [7, 11) is 0. The molecule has 0 spiro atoms. The second-order valence-corrected chi connectivity index (χ2v) is 15.4. The number of fused-ring (bicyclic) bond motifs is 5. The summed E-state index contributed by atoms with van der Waals surface area (Å²) in [5, 5.41) is 39.8. The summed E-state index contributed by atoms with van der Waals surface area (Å²) < 4.78 is 6.41. The number of hydrogen-bond donors (Lipinski definition) is 3. The fourth-order valence-electron chi connectivity index (χ4n) is 9.11. The molecule has 3 N–H and O–H groups in total. The highest BCUT2D eigenvalue weighted by Gasteiger charge is 2.26. The van der Waals surface area contributed by atoms with Gasteiger partial charge in [-0.3, -0.25) is 0 Å². The first-order valence-electron chi connectivity index (χ1n) is 19.6. The van der Waals surface area contributed by atoms with Gasteiger partial charge >= 0.3 is 0 Å². The normalized spacial score (nSPS) is 11.7. The molecule has 9 aromatic carbocycles. The molecule has 4 nitrogen and oxygen atoms in total. The molecule has 4 heteroatoms. The van der Waals surface area contributed by atoms with Crippen molar-refractivity contribution < 1.29 is 19.7 Å². The van der Waals surface area contributed by atoms with Gasteiger partial charge in [0.05, 0.1) is 5.56 Å². The van der Waals surface area contributed by atoms with Crippen molar-refractivity contribution in [3.05, 3.63) is 174 Å². The lowest BCUT2D eigenvalue weighted by atomic mass is 9.81. The zero-order valence-corrected chi connectivity index (χ0v) is 32.7. The van der Waals surface area contributed by atoms with E-state index in [0.717, 1.165) is 82.4 Å². The molecule has 1 heterocycles. The molecule has 0 bridgehead atoms. The van der Waals surface area contributed by atoms with E-state index in [1.807, 2.05) is 54.6 Å². The minimum absolute atomic E-state index is 0.112. The first-order valence-corrected chi connectivity index (χ1v) is 19.6. The van der Waals surface area contributed by atoms with Crippen molar-refractivity contribution in [2.24, 2.45) is 0 Å². The zero-order valence-electron chi connectivity index (χ0n) is 32.7. The summed E-state index contributed by atoms with van der Waals surface area (Å²) in [6.45, 7) is 7.71. The maximum Gasteiger partial charge on any atom is 0.136 e. The molecule has 0 saturated carbocycles. The second kappa shape index (κ2) is 13.4. The van der Waals surface area contributed by atoms with Gasteiger partial charge in [-0.2, -0.15) is 0 Å². The standard InChI is InChI=1S/C54H40O4/c1-30-14-5-6-17-37(30)47-31(2)24-26-38(34-25-27-40-39-18-11-12-23-45(39)58-46(40)29-34)49(47)36-16-13-15-35(28-36)48-41-19-7-9-21-43(41)50(44-22-10-8-20-42(44)48)51-53(56)32(3)52(55)33(4)54(51)57/h5-29,55-57H,1-4H3. The Kier molecular flexibility index (Phi) is 8.13. The molecule has 58 heavy (non-hydrogen) atoms. The van der Waals surface area contributed by atoms with Crippen LogP contribution in [0.5, 0.6) is 17.2 Å². The molecular weight excluding hydrogens is 713 g/mol. The number of para-hydroxylation sites is 1. The molecule has 0 atom stereocenters. The van der Waals surface area contributed by atoms with E-state index in [2.05, 4.69) is 111 Å². The Morgan fingerprint density at radius 1 is 0.328 bits per heavy atom. The fourth-order valence-corrected chi connectivity index (χ4v) is 9.11. The van der Waals surface area contributed by atoms with E-state index in [0.29, 0.717) is 16.7 Å². The van der Waals surface area contributed by atoms with Crippen LogP contribution in [0.3, 0.4) is 0 Å². The van der Waals surface area contributed by atoms with E-state index in [-0.39, 0.29) is 17.2 Å². The summed E-state index contributed by atoms with van der Waals surface area (Å²) in [5.41, 5.74) is 14.7. The monoisotopic (exact) mass is 752 g/mol. The van der Waals surface area contributed by atoms with Gasteiger partial charge in [0.2, 0.25) is 0 Å². The van der Waals surface area contributed by atoms with E-state index in [1.54, 1.807) is 13.8 Å². The van der Waals surface area contributed by atoms with Crippen LogP contribution in [-0.4, -0.2) is 15.3 Å². The maximum atomic E-state index is 11.6. The van der Waals surface area contributed by atoms with Crippen LogP contribution >= 0.6 is 0 Å². The van der Waals surface area contributed by atoms with Gasteiger partial charge in [-0.05, 0) is 129 Å². The van der Waals surface area contributed by atoms with Crippen LogP contribution < -0.4 is 0 Å². The van der Waals surface area contributed by atoms with Crippen LogP contribution in [0, 0.1) is 27.7 Å². The van der Waals surface area contributed by atoms with E-state index < -0.39 is 0 Å². The molecule has 0 fully saturated rings. The Bertz CT molecular complexity index is 3230. The molecule has 0 aliphatic carbocycles. The van der Waals surface area contributed by atoms with Crippen molar-refractivity contribution in [2.75, 3.05) is 0 Å². The van der Waals surface area contributed by atoms with Gasteiger partial charge in [0, 0.05) is 27.5 Å². The van der Waals surface area contributed by atoms with Gasteiger partial charge in [-0.25, -0.2) is 0 Å². The average molecular weight is 753 g/mol. The summed E-state index contributed by atoms with van der Waals surface area (Å²) in [5.74, 6) is -0.386. The van der Waals surface area contributed by atoms with Crippen molar-refractivity contribution in [3.63, 3.8) is 0 Å². The van der Waals surface area contributed by atoms with Crippen molar-refractivity contribution >= 4 is 43.5 Å². The highest BCUT2D eigenvalue weighted by molar-refractivity contribution is 6.22. The van der Waals surface area contributed by atoms with Gasteiger partial charge in [-0.1, -0.05) is 127 Å². The van der Waals surface area contributed by atoms with Crippen molar-refractivity contribution in [1.82, 2.24) is 0 Å². The number of hydrogen-bond acceptors (Lipinski definition) is 4. The Balaban J connectivity index is 1.26. The second-order valence-electron chi connectivity index (χ2n) is 15.4. The summed E-state index contributed by atoms with van der Waals surface area (Å²) >= 11 is 0. The summed E-state index contributed by atoms with van der Waals surface area (Å²) in [4.78, 5) is 0. The predicted octanol–water partition coefficient (Wildman–Crippen LogP) is 14.6. The first-order chi connectivity index (χ1) is 28.2. The molecular formula is C54H40O4.